The van der Waals surface area contributed by atoms with Crippen molar-refractivity contribution in [3.63, 3.8) is 0 Å². The van der Waals surface area contributed by atoms with E-state index in [0.29, 0.717) is 24.7 Å². The van der Waals surface area contributed by atoms with Crippen LogP contribution in [0.4, 0.5) is 0 Å². The van der Waals surface area contributed by atoms with Crippen LogP contribution in [0.25, 0.3) is 0 Å². The minimum Gasteiger partial charge on any atom is -0.359 e. The zero-order valence-corrected chi connectivity index (χ0v) is 12.6. The van der Waals surface area contributed by atoms with Crippen LogP contribution >= 0.6 is 0 Å². The molecular formula is C19H45NO2. The quantitative estimate of drug-likeness (QED) is 0.608. The molecule has 0 saturated carbocycles. The Morgan fingerprint density at radius 3 is 1.86 bits per heavy atom. The van der Waals surface area contributed by atoms with Crippen molar-refractivity contribution < 1.29 is 9.59 Å². The number of Topliss-reactive ketones (excluding diaryl/α,β-unsaturated/α-hetero) is 1. The predicted molar refractivity (Wildman–Crippen MR) is 102 cm³/mol. The van der Waals surface area contributed by atoms with Gasteiger partial charge in [-0.3, -0.25) is 9.59 Å². The average Bonchev–Trinajstić information content (AvgIpc) is 2.26. The van der Waals surface area contributed by atoms with E-state index in [2.05, 4.69) is 26.1 Å². The van der Waals surface area contributed by atoms with Crippen molar-refractivity contribution in [1.29, 1.82) is 0 Å². The highest BCUT2D eigenvalue weighted by Gasteiger charge is 2.18. The van der Waals surface area contributed by atoms with Gasteiger partial charge in [-0.05, 0) is 24.2 Å². The molecule has 0 fully saturated rings. The van der Waals surface area contributed by atoms with Gasteiger partial charge in [0, 0.05) is 26.3 Å². The molecule has 3 heteroatoms. The van der Waals surface area contributed by atoms with Crippen molar-refractivity contribution in [2.45, 2.75) is 95.9 Å². The van der Waals surface area contributed by atoms with Crippen LogP contribution in [-0.4, -0.2) is 18.7 Å². The van der Waals surface area contributed by atoms with E-state index in [0.717, 1.165) is 19.3 Å². The van der Waals surface area contributed by atoms with Gasteiger partial charge in [0.05, 0.1) is 0 Å². The van der Waals surface area contributed by atoms with Crippen LogP contribution in [0.5, 0.6) is 0 Å². The summed E-state index contributed by atoms with van der Waals surface area (Å²) in [7, 11) is 1.65. The molecule has 0 aromatic heterocycles. The SMILES string of the molecule is C.C.C.C.CCC(=O)CC(CCCC(C)(C)C)CC(=O)NC. The molecule has 1 amide bonds. The first-order valence-corrected chi connectivity index (χ1v) is 7.00. The summed E-state index contributed by atoms with van der Waals surface area (Å²) in [5.74, 6) is 0.513. The van der Waals surface area contributed by atoms with Gasteiger partial charge in [-0.15, -0.1) is 0 Å². The third-order valence-electron chi connectivity index (χ3n) is 3.20. The molecule has 0 heterocycles. The molecule has 0 radical (unpaired) electrons. The smallest absolute Gasteiger partial charge is 0.220 e. The molecule has 1 unspecified atom stereocenters. The first-order chi connectivity index (χ1) is 8.28. The van der Waals surface area contributed by atoms with Gasteiger partial charge in [-0.2, -0.15) is 0 Å². The maximum atomic E-state index is 11.5. The number of carbonyl (C=O) groups excluding carboxylic acids is 2. The fraction of sp³-hybridized carbons (Fsp3) is 0.895. The topological polar surface area (TPSA) is 46.2 Å². The van der Waals surface area contributed by atoms with Crippen LogP contribution in [-0.2, 0) is 9.59 Å². The summed E-state index contributed by atoms with van der Waals surface area (Å²) in [5.41, 5.74) is 0.326. The Hall–Kier alpha value is -0.860. The third kappa shape index (κ3) is 19.1. The number of rotatable bonds is 8. The van der Waals surface area contributed by atoms with Gasteiger partial charge in [-0.1, -0.05) is 63.8 Å². The zero-order chi connectivity index (χ0) is 14.2. The van der Waals surface area contributed by atoms with Gasteiger partial charge in [-0.25, -0.2) is 0 Å². The Balaban J connectivity index is -0.000000241. The molecule has 0 aliphatic carbocycles. The van der Waals surface area contributed by atoms with Crippen molar-refractivity contribution in [3.8, 4) is 0 Å². The van der Waals surface area contributed by atoms with Crippen molar-refractivity contribution in [3.05, 3.63) is 0 Å². The number of ketones is 1. The number of carbonyl (C=O) groups is 2. The predicted octanol–water partition coefficient (Wildman–Crippen LogP) is 5.87. The summed E-state index contributed by atoms with van der Waals surface area (Å²) in [6, 6.07) is 0. The molecule has 1 N–H and O–H groups in total. The largest absolute Gasteiger partial charge is 0.359 e. The highest BCUT2D eigenvalue weighted by atomic mass is 16.1. The van der Waals surface area contributed by atoms with E-state index in [1.807, 2.05) is 6.92 Å². The second kappa shape index (κ2) is 16.5. The third-order valence-corrected chi connectivity index (χ3v) is 3.20. The van der Waals surface area contributed by atoms with Crippen molar-refractivity contribution >= 4 is 11.7 Å². The van der Waals surface area contributed by atoms with Gasteiger partial charge in [0.1, 0.15) is 5.78 Å². The van der Waals surface area contributed by atoms with E-state index in [9.17, 15) is 9.59 Å². The van der Waals surface area contributed by atoms with Crippen molar-refractivity contribution in [2.75, 3.05) is 7.05 Å². The lowest BCUT2D eigenvalue weighted by Crippen LogP contribution is -2.22. The van der Waals surface area contributed by atoms with Crippen molar-refractivity contribution in [1.82, 2.24) is 5.32 Å². The lowest BCUT2D eigenvalue weighted by molar-refractivity contribution is -0.122. The highest BCUT2D eigenvalue weighted by molar-refractivity contribution is 5.80. The molecule has 0 spiro atoms. The van der Waals surface area contributed by atoms with E-state index in [-0.39, 0.29) is 47.3 Å². The lowest BCUT2D eigenvalue weighted by atomic mass is 9.85. The molecule has 0 bridgehead atoms. The van der Waals surface area contributed by atoms with E-state index in [1.54, 1.807) is 7.05 Å². The fourth-order valence-corrected chi connectivity index (χ4v) is 2.03. The van der Waals surface area contributed by atoms with Crippen LogP contribution in [0.15, 0.2) is 0 Å². The standard InChI is InChI=1S/C15H29NO2.4CH4/c1-6-13(17)10-12(11-14(18)16-5)8-7-9-15(2,3)4;;;;/h12H,6-11H2,1-5H3,(H,16,18);4*1H4. The zero-order valence-electron chi connectivity index (χ0n) is 12.6. The lowest BCUT2D eigenvalue weighted by Gasteiger charge is -2.20. The van der Waals surface area contributed by atoms with Gasteiger partial charge in [0.2, 0.25) is 5.91 Å². The molecule has 0 saturated heterocycles. The van der Waals surface area contributed by atoms with E-state index >= 15 is 0 Å². The van der Waals surface area contributed by atoms with Crippen LogP contribution in [0, 0.1) is 11.3 Å². The summed E-state index contributed by atoms with van der Waals surface area (Å²) in [6.45, 7) is 8.54. The summed E-state index contributed by atoms with van der Waals surface area (Å²) in [6.07, 6.45) is 4.79. The minimum atomic E-state index is 0. The number of hydrogen-bond acceptors (Lipinski definition) is 2. The van der Waals surface area contributed by atoms with E-state index in [1.165, 1.54) is 0 Å². The fourth-order valence-electron chi connectivity index (χ4n) is 2.03. The van der Waals surface area contributed by atoms with Crippen LogP contribution in [0.2, 0.25) is 0 Å². The number of hydrogen-bond donors (Lipinski definition) is 1. The molecule has 0 aromatic rings. The molecule has 0 aromatic carbocycles. The van der Waals surface area contributed by atoms with E-state index < -0.39 is 0 Å². The molecule has 1 atom stereocenters. The molecule has 0 rings (SSSR count). The Morgan fingerprint density at radius 1 is 1.00 bits per heavy atom. The molecule has 138 valence electrons. The average molecular weight is 320 g/mol. The Labute approximate surface area is 141 Å². The van der Waals surface area contributed by atoms with Gasteiger partial charge < -0.3 is 5.32 Å². The normalized spacial score (nSPS) is 10.8. The summed E-state index contributed by atoms with van der Waals surface area (Å²) in [5, 5.41) is 2.64. The maximum absolute atomic E-state index is 11.5. The summed E-state index contributed by atoms with van der Waals surface area (Å²) < 4.78 is 0. The molecule has 0 aliphatic rings. The second-order valence-corrected chi connectivity index (χ2v) is 6.29. The van der Waals surface area contributed by atoms with Gasteiger partial charge in [0.25, 0.3) is 0 Å². The van der Waals surface area contributed by atoms with Crippen LogP contribution in [0.3, 0.4) is 0 Å². The van der Waals surface area contributed by atoms with E-state index in [4.69, 9.17) is 0 Å². The van der Waals surface area contributed by atoms with Crippen molar-refractivity contribution in [2.24, 2.45) is 11.3 Å². The number of nitrogens with one attached hydrogen (secondary N) is 1. The maximum Gasteiger partial charge on any atom is 0.220 e. The van der Waals surface area contributed by atoms with Crippen LogP contribution < -0.4 is 5.32 Å². The Bertz CT molecular complexity index is 249. The Morgan fingerprint density at radius 2 is 1.50 bits per heavy atom. The monoisotopic (exact) mass is 319 g/mol. The first kappa shape index (κ1) is 32.9. The van der Waals surface area contributed by atoms with Gasteiger partial charge in [0.15, 0.2) is 0 Å². The molecule has 3 nitrogen and oxygen atoms in total. The minimum absolute atomic E-state index is 0. The Kier molecular flexibility index (Phi) is 24.7. The number of amides is 1. The summed E-state index contributed by atoms with van der Waals surface area (Å²) in [4.78, 5) is 23.0. The van der Waals surface area contributed by atoms with Gasteiger partial charge >= 0.3 is 0 Å². The molecular weight excluding hydrogens is 274 g/mol. The first-order valence-electron chi connectivity index (χ1n) is 7.00. The highest BCUT2D eigenvalue weighted by Crippen LogP contribution is 2.25. The molecule has 22 heavy (non-hydrogen) atoms. The molecule has 0 aliphatic heterocycles. The van der Waals surface area contributed by atoms with Crippen LogP contribution in [0.1, 0.15) is 95.9 Å². The second-order valence-electron chi connectivity index (χ2n) is 6.29. The summed E-state index contributed by atoms with van der Waals surface area (Å²) >= 11 is 0.